The lowest BCUT2D eigenvalue weighted by Gasteiger charge is -2.36. The zero-order chi connectivity index (χ0) is 19.1. The lowest BCUT2D eigenvalue weighted by Crippen LogP contribution is -2.43. The highest BCUT2D eigenvalue weighted by Crippen LogP contribution is 2.37. The molecule has 2 N–H and O–H groups in total. The summed E-state index contributed by atoms with van der Waals surface area (Å²) in [6.45, 7) is 28.3. The Hall–Kier alpha value is 0.274. The SMILES string of the molecule is CC(C)(C)[Si](C)(C)OCCNCCNCCO[Si](C)(C)C(C)(C)C. The molecular formula is C18H44N2O2Si2. The highest BCUT2D eigenvalue weighted by atomic mass is 28.4. The predicted molar refractivity (Wildman–Crippen MR) is 112 cm³/mol. The Morgan fingerprint density at radius 1 is 0.583 bits per heavy atom. The topological polar surface area (TPSA) is 42.5 Å². The van der Waals surface area contributed by atoms with Crippen molar-refractivity contribution in [1.82, 2.24) is 10.6 Å². The molecule has 0 bridgehead atoms. The minimum atomic E-state index is -1.59. The van der Waals surface area contributed by atoms with Gasteiger partial charge in [0.2, 0.25) is 0 Å². The van der Waals surface area contributed by atoms with Crippen molar-refractivity contribution in [3.05, 3.63) is 0 Å². The molecule has 146 valence electrons. The van der Waals surface area contributed by atoms with Crippen molar-refractivity contribution in [3.63, 3.8) is 0 Å². The van der Waals surface area contributed by atoms with Crippen LogP contribution in [0.2, 0.25) is 36.3 Å². The Morgan fingerprint density at radius 3 is 1.12 bits per heavy atom. The van der Waals surface area contributed by atoms with Crippen molar-refractivity contribution >= 4 is 16.6 Å². The summed E-state index contributed by atoms with van der Waals surface area (Å²) in [4.78, 5) is 0. The lowest BCUT2D eigenvalue weighted by atomic mass is 10.2. The van der Waals surface area contributed by atoms with E-state index < -0.39 is 16.6 Å². The first-order chi connectivity index (χ1) is 10.7. The normalized spacial score (nSPS) is 14.2. The van der Waals surface area contributed by atoms with Gasteiger partial charge in [-0.15, -0.1) is 0 Å². The standard InChI is InChI=1S/C18H44N2O2Si2/c1-17(2,3)23(7,8)21-15-13-19-11-12-20-14-16-22-24(9,10)18(4,5)6/h19-20H,11-16H2,1-10H3. The average molecular weight is 377 g/mol. The van der Waals surface area contributed by atoms with E-state index in [0.29, 0.717) is 10.1 Å². The number of hydrogen-bond donors (Lipinski definition) is 2. The summed E-state index contributed by atoms with van der Waals surface area (Å²) in [5.41, 5.74) is 0. The molecule has 0 aromatic heterocycles. The molecule has 0 radical (unpaired) electrons. The van der Waals surface area contributed by atoms with Crippen LogP contribution < -0.4 is 10.6 Å². The Bertz CT molecular complexity index is 314. The van der Waals surface area contributed by atoms with E-state index in [-0.39, 0.29) is 0 Å². The molecule has 0 saturated carbocycles. The van der Waals surface area contributed by atoms with Crippen molar-refractivity contribution in [2.24, 2.45) is 0 Å². The smallest absolute Gasteiger partial charge is 0.192 e. The molecule has 4 nitrogen and oxygen atoms in total. The Labute approximate surface area is 153 Å². The van der Waals surface area contributed by atoms with E-state index in [1.807, 2.05) is 0 Å². The maximum absolute atomic E-state index is 6.15. The predicted octanol–water partition coefficient (Wildman–Crippen LogP) is 4.21. The number of hydrogen-bond acceptors (Lipinski definition) is 4. The molecule has 0 saturated heterocycles. The van der Waals surface area contributed by atoms with Crippen molar-refractivity contribution < 1.29 is 8.85 Å². The molecule has 0 rings (SSSR count). The molecule has 0 spiro atoms. The van der Waals surface area contributed by atoms with E-state index >= 15 is 0 Å². The molecule has 0 atom stereocenters. The van der Waals surface area contributed by atoms with E-state index in [2.05, 4.69) is 78.4 Å². The van der Waals surface area contributed by atoms with E-state index in [1.54, 1.807) is 0 Å². The van der Waals surface area contributed by atoms with Crippen LogP contribution in [0.4, 0.5) is 0 Å². The van der Waals surface area contributed by atoms with E-state index in [9.17, 15) is 0 Å². The maximum Gasteiger partial charge on any atom is 0.192 e. The molecule has 6 heteroatoms. The van der Waals surface area contributed by atoms with E-state index in [1.165, 1.54) is 0 Å². The molecule has 0 aromatic carbocycles. The van der Waals surface area contributed by atoms with Gasteiger partial charge in [0, 0.05) is 39.4 Å². The number of nitrogens with one attached hydrogen (secondary N) is 2. The monoisotopic (exact) mass is 376 g/mol. The van der Waals surface area contributed by atoms with Gasteiger partial charge < -0.3 is 19.5 Å². The van der Waals surface area contributed by atoms with Crippen LogP contribution in [-0.4, -0.2) is 56.0 Å². The third-order valence-electron chi connectivity index (χ3n) is 5.57. The molecule has 0 fully saturated rings. The molecular weight excluding hydrogens is 332 g/mol. The second-order valence-electron chi connectivity index (χ2n) is 9.72. The van der Waals surface area contributed by atoms with Crippen molar-refractivity contribution in [2.45, 2.75) is 77.8 Å². The Balaban J connectivity index is 3.60. The summed E-state index contributed by atoms with van der Waals surface area (Å²) >= 11 is 0. The Kier molecular flexibility index (Phi) is 9.94. The second kappa shape index (κ2) is 9.83. The average Bonchev–Trinajstić information content (AvgIpc) is 2.38. The van der Waals surface area contributed by atoms with Crippen LogP contribution in [0.25, 0.3) is 0 Å². The second-order valence-corrected chi connectivity index (χ2v) is 19.3. The Morgan fingerprint density at radius 2 is 0.875 bits per heavy atom. The fourth-order valence-corrected chi connectivity index (χ4v) is 3.71. The molecule has 0 amide bonds. The summed E-state index contributed by atoms with van der Waals surface area (Å²) in [6.07, 6.45) is 0. The van der Waals surface area contributed by atoms with Crippen LogP contribution in [0.5, 0.6) is 0 Å². The first kappa shape index (κ1) is 24.3. The van der Waals surface area contributed by atoms with Gasteiger partial charge in [-0.3, -0.25) is 0 Å². The molecule has 0 aromatic rings. The highest BCUT2D eigenvalue weighted by molar-refractivity contribution is 6.74. The van der Waals surface area contributed by atoms with Crippen molar-refractivity contribution in [1.29, 1.82) is 0 Å². The summed E-state index contributed by atoms with van der Waals surface area (Å²) in [5.74, 6) is 0. The van der Waals surface area contributed by atoms with Gasteiger partial charge in [0.05, 0.1) is 0 Å². The van der Waals surface area contributed by atoms with E-state index in [0.717, 1.165) is 39.4 Å². The fourth-order valence-electron chi connectivity index (χ4n) is 1.62. The maximum atomic E-state index is 6.15. The quantitative estimate of drug-likeness (QED) is 0.419. The van der Waals surface area contributed by atoms with E-state index in [4.69, 9.17) is 8.85 Å². The molecule has 0 aliphatic carbocycles. The summed E-state index contributed by atoms with van der Waals surface area (Å²) in [7, 11) is -3.19. The van der Waals surface area contributed by atoms with Gasteiger partial charge in [-0.1, -0.05) is 41.5 Å². The molecule has 0 unspecified atom stereocenters. The zero-order valence-electron chi connectivity index (χ0n) is 18.1. The first-order valence-electron chi connectivity index (χ1n) is 9.40. The van der Waals surface area contributed by atoms with Crippen molar-refractivity contribution in [3.8, 4) is 0 Å². The van der Waals surface area contributed by atoms with Crippen LogP contribution in [-0.2, 0) is 8.85 Å². The third-order valence-corrected chi connectivity index (χ3v) is 14.7. The van der Waals surface area contributed by atoms with Crippen LogP contribution in [0, 0.1) is 0 Å². The summed E-state index contributed by atoms with van der Waals surface area (Å²) < 4.78 is 12.3. The van der Waals surface area contributed by atoms with Gasteiger partial charge in [0.25, 0.3) is 0 Å². The molecule has 0 aliphatic heterocycles. The van der Waals surface area contributed by atoms with Crippen molar-refractivity contribution in [2.75, 3.05) is 39.4 Å². The van der Waals surface area contributed by atoms with Gasteiger partial charge in [0.1, 0.15) is 0 Å². The van der Waals surface area contributed by atoms with Gasteiger partial charge in [0.15, 0.2) is 16.6 Å². The lowest BCUT2D eigenvalue weighted by molar-refractivity contribution is 0.280. The minimum Gasteiger partial charge on any atom is -0.416 e. The molecule has 24 heavy (non-hydrogen) atoms. The van der Waals surface area contributed by atoms with Gasteiger partial charge in [-0.2, -0.15) is 0 Å². The van der Waals surface area contributed by atoms with Crippen LogP contribution in [0.15, 0.2) is 0 Å². The van der Waals surface area contributed by atoms with Crippen LogP contribution >= 0.6 is 0 Å². The first-order valence-corrected chi connectivity index (χ1v) is 15.2. The van der Waals surface area contributed by atoms with Gasteiger partial charge in [-0.25, -0.2) is 0 Å². The minimum absolute atomic E-state index is 0.290. The molecule has 0 heterocycles. The molecule has 0 aliphatic rings. The zero-order valence-corrected chi connectivity index (χ0v) is 20.1. The highest BCUT2D eigenvalue weighted by Gasteiger charge is 2.37. The number of rotatable bonds is 11. The largest absolute Gasteiger partial charge is 0.416 e. The summed E-state index contributed by atoms with van der Waals surface area (Å²) in [5, 5.41) is 7.47. The fraction of sp³-hybridized carbons (Fsp3) is 1.00. The summed E-state index contributed by atoms with van der Waals surface area (Å²) in [6, 6.07) is 0. The van der Waals surface area contributed by atoms with Gasteiger partial charge in [-0.05, 0) is 36.3 Å². The van der Waals surface area contributed by atoms with Gasteiger partial charge >= 0.3 is 0 Å². The van der Waals surface area contributed by atoms with Crippen LogP contribution in [0.3, 0.4) is 0 Å². The third kappa shape index (κ3) is 9.10. The van der Waals surface area contributed by atoms with Crippen LogP contribution in [0.1, 0.15) is 41.5 Å².